The Balaban J connectivity index is 3.14. The van der Waals surface area contributed by atoms with E-state index in [2.05, 4.69) is 33.4 Å². The van der Waals surface area contributed by atoms with Crippen molar-refractivity contribution in [2.24, 2.45) is 17.3 Å². The molecule has 0 bridgehead atoms. The summed E-state index contributed by atoms with van der Waals surface area (Å²) in [6.45, 7) is 16.3. The number of carbonyl (C=O) groups is 1. The van der Waals surface area contributed by atoms with Crippen LogP contribution in [0.4, 0.5) is 0 Å². The average Bonchev–Trinajstić information content (AvgIpc) is 2.44. The van der Waals surface area contributed by atoms with E-state index in [4.69, 9.17) is 4.74 Å². The summed E-state index contributed by atoms with van der Waals surface area (Å²) in [6.07, 6.45) is 5.74. The Kier molecular flexibility index (Phi) is 7.72. The van der Waals surface area contributed by atoms with Crippen molar-refractivity contribution >= 4 is 18.6 Å². The molecular weight excluding hydrogens is 344 g/mol. The first-order valence-corrected chi connectivity index (χ1v) is 10.8. The van der Waals surface area contributed by atoms with Crippen LogP contribution in [0.25, 0.3) is 0 Å². The molecule has 154 valence electrons. The lowest BCUT2D eigenvalue weighted by Crippen LogP contribution is -2.50. The summed E-state index contributed by atoms with van der Waals surface area (Å²) in [5, 5.41) is 10.7. The molecule has 0 amide bonds. The first-order valence-electron chi connectivity index (χ1n) is 10.3. The van der Waals surface area contributed by atoms with Crippen LogP contribution in [0.15, 0.2) is 0 Å². The number of hydrogen-bond donors (Lipinski definition) is 2. The van der Waals surface area contributed by atoms with E-state index in [0.29, 0.717) is 25.2 Å². The van der Waals surface area contributed by atoms with E-state index < -0.39 is 16.6 Å². The van der Waals surface area contributed by atoms with Crippen molar-refractivity contribution in [3.63, 3.8) is 0 Å². The van der Waals surface area contributed by atoms with E-state index in [0.717, 1.165) is 19.3 Å². The summed E-state index contributed by atoms with van der Waals surface area (Å²) in [7, 11) is 0. The monoisotopic (exact) mass is 386 g/mol. The molecule has 0 spiro atoms. The lowest BCUT2D eigenvalue weighted by Gasteiger charge is -2.46. The Hall–Kier alpha value is -0.220. The zero-order valence-electron chi connectivity index (χ0n) is 18.3. The van der Waals surface area contributed by atoms with Gasteiger partial charge in [-0.05, 0) is 57.8 Å². The van der Waals surface area contributed by atoms with Gasteiger partial charge in [-0.1, -0.05) is 48.0 Å². The quantitative estimate of drug-likeness (QED) is 0.410. The van der Waals surface area contributed by atoms with Crippen LogP contribution < -0.4 is 0 Å². The summed E-state index contributed by atoms with van der Waals surface area (Å²) < 4.78 is 6.08. The summed E-state index contributed by atoms with van der Waals surface area (Å²) in [4.78, 5) is 13.4. The minimum atomic E-state index is -0.811. The van der Waals surface area contributed by atoms with Gasteiger partial charge in [0.15, 0.2) is 0 Å². The highest BCUT2D eigenvalue weighted by atomic mass is 32.1. The zero-order valence-corrected chi connectivity index (χ0v) is 19.2. The van der Waals surface area contributed by atoms with Crippen molar-refractivity contribution in [3.05, 3.63) is 0 Å². The molecule has 0 aromatic carbocycles. The molecule has 26 heavy (non-hydrogen) atoms. The molecule has 0 aromatic heterocycles. The van der Waals surface area contributed by atoms with E-state index in [1.165, 1.54) is 6.42 Å². The van der Waals surface area contributed by atoms with Crippen molar-refractivity contribution in [1.29, 1.82) is 0 Å². The third kappa shape index (κ3) is 6.44. The van der Waals surface area contributed by atoms with Gasteiger partial charge in [0.25, 0.3) is 0 Å². The molecule has 0 saturated heterocycles. The van der Waals surface area contributed by atoms with Crippen LogP contribution in [0.5, 0.6) is 0 Å². The molecule has 0 aromatic rings. The minimum Gasteiger partial charge on any atom is -0.459 e. The van der Waals surface area contributed by atoms with E-state index in [-0.39, 0.29) is 16.6 Å². The molecule has 0 aliphatic heterocycles. The Bertz CT molecular complexity index is 480. The highest BCUT2D eigenvalue weighted by molar-refractivity contribution is 7.81. The maximum Gasteiger partial charge on any atom is 0.312 e. The van der Waals surface area contributed by atoms with E-state index in [9.17, 15) is 9.90 Å². The predicted octanol–water partition coefficient (Wildman–Crippen LogP) is 5.79. The van der Waals surface area contributed by atoms with Gasteiger partial charge in [0.1, 0.15) is 5.60 Å². The van der Waals surface area contributed by atoms with Crippen LogP contribution in [0, 0.1) is 17.3 Å². The zero-order chi connectivity index (χ0) is 20.4. The standard InChI is InChI=1S/C22H42O3S/c1-9-20(7,24)15-22(12-10-11-17(4)13-22)25-18(23)21(8,16(2)3)14-19(5,6)26/h16-17,24,26H,9-15H2,1-8H3. The summed E-state index contributed by atoms with van der Waals surface area (Å²) >= 11 is 4.67. The van der Waals surface area contributed by atoms with Gasteiger partial charge in [0.05, 0.1) is 11.0 Å². The lowest BCUT2D eigenvalue weighted by molar-refractivity contribution is -0.188. The molecule has 1 fully saturated rings. The number of ether oxygens (including phenoxy) is 1. The van der Waals surface area contributed by atoms with E-state index in [1.54, 1.807) is 0 Å². The van der Waals surface area contributed by atoms with Gasteiger partial charge in [-0.3, -0.25) is 4.79 Å². The van der Waals surface area contributed by atoms with Crippen molar-refractivity contribution in [2.45, 2.75) is 116 Å². The molecule has 1 aliphatic carbocycles. The Labute approximate surface area is 167 Å². The molecule has 0 heterocycles. The van der Waals surface area contributed by atoms with Crippen LogP contribution in [0.1, 0.15) is 100 Å². The number of esters is 1. The number of hydrogen-bond acceptors (Lipinski definition) is 4. The number of aliphatic hydroxyl groups is 1. The SMILES string of the molecule is CCC(C)(O)CC1(OC(=O)C(C)(CC(C)(C)S)C(C)C)CCCC(C)C1. The van der Waals surface area contributed by atoms with Gasteiger partial charge < -0.3 is 9.84 Å². The van der Waals surface area contributed by atoms with Crippen LogP contribution in [0.3, 0.4) is 0 Å². The van der Waals surface area contributed by atoms with Crippen LogP contribution in [-0.4, -0.2) is 27.0 Å². The Morgan fingerprint density at radius 3 is 2.31 bits per heavy atom. The van der Waals surface area contributed by atoms with Crippen LogP contribution in [-0.2, 0) is 9.53 Å². The van der Waals surface area contributed by atoms with Gasteiger partial charge in [-0.25, -0.2) is 0 Å². The molecule has 1 N–H and O–H groups in total. The van der Waals surface area contributed by atoms with E-state index in [1.807, 2.05) is 34.6 Å². The lowest BCUT2D eigenvalue weighted by atomic mass is 9.71. The third-order valence-electron chi connectivity index (χ3n) is 6.36. The number of thiol groups is 1. The molecule has 1 rings (SSSR count). The van der Waals surface area contributed by atoms with Gasteiger partial charge >= 0.3 is 5.97 Å². The van der Waals surface area contributed by atoms with Gasteiger partial charge in [-0.2, -0.15) is 12.6 Å². The highest BCUT2D eigenvalue weighted by Crippen LogP contribution is 2.45. The second-order valence-electron chi connectivity index (χ2n) is 10.4. The fraction of sp³-hybridized carbons (Fsp3) is 0.955. The normalized spacial score (nSPS) is 29.1. The summed E-state index contributed by atoms with van der Waals surface area (Å²) in [5.74, 6) is 0.539. The third-order valence-corrected chi connectivity index (χ3v) is 6.52. The molecular formula is C22H42O3S. The molecule has 4 atom stereocenters. The molecule has 1 aliphatic rings. The Morgan fingerprint density at radius 1 is 1.31 bits per heavy atom. The first-order chi connectivity index (χ1) is 11.6. The maximum atomic E-state index is 13.4. The summed E-state index contributed by atoms with van der Waals surface area (Å²) in [6, 6.07) is 0. The van der Waals surface area contributed by atoms with Gasteiger partial charge in [-0.15, -0.1) is 0 Å². The summed E-state index contributed by atoms with van der Waals surface area (Å²) in [5.41, 5.74) is -1.95. The van der Waals surface area contributed by atoms with Crippen molar-refractivity contribution < 1.29 is 14.6 Å². The molecule has 1 saturated carbocycles. The number of rotatable bonds is 8. The van der Waals surface area contributed by atoms with E-state index >= 15 is 0 Å². The minimum absolute atomic E-state index is 0.129. The van der Waals surface area contributed by atoms with Crippen molar-refractivity contribution in [3.8, 4) is 0 Å². The van der Waals surface area contributed by atoms with Crippen LogP contribution >= 0.6 is 12.6 Å². The predicted molar refractivity (Wildman–Crippen MR) is 113 cm³/mol. The van der Waals surface area contributed by atoms with Crippen molar-refractivity contribution in [2.75, 3.05) is 0 Å². The fourth-order valence-corrected chi connectivity index (χ4v) is 4.77. The largest absolute Gasteiger partial charge is 0.459 e. The van der Waals surface area contributed by atoms with Crippen LogP contribution in [0.2, 0.25) is 0 Å². The van der Waals surface area contributed by atoms with Gasteiger partial charge in [0, 0.05) is 11.2 Å². The van der Waals surface area contributed by atoms with Gasteiger partial charge in [0.2, 0.25) is 0 Å². The maximum absolute atomic E-state index is 13.4. The fourth-order valence-electron chi connectivity index (χ4n) is 4.44. The molecule has 0 radical (unpaired) electrons. The first kappa shape index (κ1) is 23.8. The highest BCUT2D eigenvalue weighted by Gasteiger charge is 2.48. The Morgan fingerprint density at radius 2 is 1.88 bits per heavy atom. The number of carbonyl (C=O) groups excluding carboxylic acids is 1. The topological polar surface area (TPSA) is 46.5 Å². The smallest absolute Gasteiger partial charge is 0.312 e. The second-order valence-corrected chi connectivity index (χ2v) is 11.6. The molecule has 4 unspecified atom stereocenters. The second kappa shape index (κ2) is 8.43. The van der Waals surface area contributed by atoms with Crippen molar-refractivity contribution in [1.82, 2.24) is 0 Å². The average molecular weight is 387 g/mol. The molecule has 3 nitrogen and oxygen atoms in total. The molecule has 4 heteroatoms.